The van der Waals surface area contributed by atoms with E-state index in [-0.39, 0.29) is 11.7 Å². The van der Waals surface area contributed by atoms with Crippen molar-refractivity contribution < 1.29 is 22.7 Å². The minimum absolute atomic E-state index is 0.0582. The Morgan fingerprint density at radius 3 is 2.48 bits per heavy atom. The van der Waals surface area contributed by atoms with Gasteiger partial charge in [0.2, 0.25) is 0 Å². The number of amides is 1. The van der Waals surface area contributed by atoms with Crippen molar-refractivity contribution in [3.05, 3.63) is 29.3 Å². The Kier molecular flexibility index (Phi) is 6.08. The monoisotopic (exact) mass is 382 g/mol. The largest absolute Gasteiger partial charge is 0.480 e. The number of ether oxygens (including phenoxy) is 1. The van der Waals surface area contributed by atoms with Gasteiger partial charge in [0.25, 0.3) is 5.91 Å². The molecule has 1 unspecified atom stereocenters. The number of benzene rings is 1. The van der Waals surface area contributed by atoms with Crippen LogP contribution in [0, 0.1) is 22.7 Å². The van der Waals surface area contributed by atoms with Crippen LogP contribution in [0.15, 0.2) is 18.2 Å². The number of nitrogens with zero attached hydrogens (tertiary/aromatic N) is 2. The molecule has 27 heavy (non-hydrogen) atoms. The number of rotatable bonds is 6. The van der Waals surface area contributed by atoms with Crippen molar-refractivity contribution >= 4 is 5.91 Å². The van der Waals surface area contributed by atoms with Gasteiger partial charge < -0.3 is 9.64 Å². The Morgan fingerprint density at radius 2 is 1.96 bits per heavy atom. The molecule has 0 spiro atoms. The van der Waals surface area contributed by atoms with Gasteiger partial charge in [0, 0.05) is 18.5 Å². The van der Waals surface area contributed by atoms with E-state index in [2.05, 4.69) is 13.8 Å². The summed E-state index contributed by atoms with van der Waals surface area (Å²) >= 11 is 0. The maximum absolute atomic E-state index is 13.2. The first-order valence-corrected chi connectivity index (χ1v) is 9.10. The normalized spacial score (nSPS) is 19.4. The van der Waals surface area contributed by atoms with Crippen molar-refractivity contribution in [3.63, 3.8) is 0 Å². The van der Waals surface area contributed by atoms with Crippen LogP contribution in [0.2, 0.25) is 0 Å². The molecule has 4 nitrogen and oxygen atoms in total. The van der Waals surface area contributed by atoms with E-state index in [9.17, 15) is 18.0 Å². The molecule has 0 N–H and O–H groups in total. The molecule has 0 aliphatic carbocycles. The molecule has 148 valence electrons. The van der Waals surface area contributed by atoms with Gasteiger partial charge in [-0.1, -0.05) is 40.5 Å². The van der Waals surface area contributed by atoms with Crippen molar-refractivity contribution in [1.29, 1.82) is 5.26 Å². The standard InChI is InChI=1S/C20H25F3N2O2/c1-5-13(6-2)11-25-12-19(3,4)17(18(25)26)27-15-8-7-14(10-24)16(9-15)20(21,22)23/h7-9,13,17H,5-6,11-12H2,1-4H3. The average Bonchev–Trinajstić information content (AvgIpc) is 2.81. The van der Waals surface area contributed by atoms with Gasteiger partial charge in [-0.2, -0.15) is 18.4 Å². The predicted octanol–water partition coefficient (Wildman–Crippen LogP) is 4.63. The first-order valence-electron chi connectivity index (χ1n) is 9.10. The molecule has 7 heteroatoms. The highest BCUT2D eigenvalue weighted by molar-refractivity contribution is 5.84. The van der Waals surface area contributed by atoms with Gasteiger partial charge in [-0.15, -0.1) is 0 Å². The second-order valence-corrected chi connectivity index (χ2v) is 7.70. The molecule has 0 radical (unpaired) electrons. The molecule has 1 aliphatic rings. The number of alkyl halides is 3. The van der Waals surface area contributed by atoms with E-state index >= 15 is 0 Å². The minimum Gasteiger partial charge on any atom is -0.480 e. The van der Waals surface area contributed by atoms with Crippen molar-refractivity contribution in [2.45, 2.75) is 52.8 Å². The SMILES string of the molecule is CCC(CC)CN1CC(C)(C)C(Oc2ccc(C#N)c(C(F)(F)F)c2)C1=O. The van der Waals surface area contributed by atoms with Crippen LogP contribution in [0.4, 0.5) is 13.2 Å². The van der Waals surface area contributed by atoms with Crippen LogP contribution in [0.1, 0.15) is 51.7 Å². The van der Waals surface area contributed by atoms with Crippen LogP contribution in [0.5, 0.6) is 5.75 Å². The van der Waals surface area contributed by atoms with E-state index in [0.717, 1.165) is 25.0 Å². The van der Waals surface area contributed by atoms with Crippen LogP contribution < -0.4 is 4.74 Å². The minimum atomic E-state index is -4.67. The fourth-order valence-electron chi connectivity index (χ4n) is 3.44. The molecule has 0 aromatic heterocycles. The summed E-state index contributed by atoms with van der Waals surface area (Å²) in [5.74, 6) is 0.122. The summed E-state index contributed by atoms with van der Waals surface area (Å²) in [5.41, 5.74) is -2.06. The molecule has 0 saturated carbocycles. The number of halogens is 3. The summed E-state index contributed by atoms with van der Waals surface area (Å²) in [5, 5.41) is 8.90. The summed E-state index contributed by atoms with van der Waals surface area (Å²) in [6.07, 6.45) is -3.62. The number of likely N-dealkylation sites (tertiary alicyclic amines) is 1. The lowest BCUT2D eigenvalue weighted by Crippen LogP contribution is -2.37. The molecule has 1 atom stereocenters. The first kappa shape index (κ1) is 21.1. The summed E-state index contributed by atoms with van der Waals surface area (Å²) < 4.78 is 45.2. The fourth-order valence-corrected chi connectivity index (χ4v) is 3.44. The topological polar surface area (TPSA) is 53.3 Å². The third kappa shape index (κ3) is 4.55. The highest BCUT2D eigenvalue weighted by atomic mass is 19.4. The zero-order chi connectivity index (χ0) is 20.4. The summed E-state index contributed by atoms with van der Waals surface area (Å²) in [6, 6.07) is 4.72. The van der Waals surface area contributed by atoms with Gasteiger partial charge in [0.15, 0.2) is 6.10 Å². The van der Waals surface area contributed by atoms with Gasteiger partial charge in [-0.25, -0.2) is 0 Å². The zero-order valence-electron chi connectivity index (χ0n) is 16.1. The summed E-state index contributed by atoms with van der Waals surface area (Å²) in [6.45, 7) is 9.01. The van der Waals surface area contributed by atoms with Crippen molar-refractivity contribution in [2.24, 2.45) is 11.3 Å². The van der Waals surface area contributed by atoms with Gasteiger partial charge in [0.05, 0.1) is 17.2 Å². The molecular formula is C20H25F3N2O2. The van der Waals surface area contributed by atoms with Crippen LogP contribution in [-0.2, 0) is 11.0 Å². The van der Waals surface area contributed by atoms with E-state index < -0.39 is 28.8 Å². The fraction of sp³-hybridized carbons (Fsp3) is 0.600. The van der Waals surface area contributed by atoms with Crippen molar-refractivity contribution in [2.75, 3.05) is 13.1 Å². The lowest BCUT2D eigenvalue weighted by molar-refractivity contribution is -0.138. The molecule has 2 rings (SSSR count). The zero-order valence-corrected chi connectivity index (χ0v) is 16.1. The lowest BCUT2D eigenvalue weighted by atomic mass is 9.89. The van der Waals surface area contributed by atoms with E-state index in [4.69, 9.17) is 10.00 Å². The highest BCUT2D eigenvalue weighted by Crippen LogP contribution is 2.38. The Bertz CT molecular complexity index is 734. The van der Waals surface area contributed by atoms with Gasteiger partial charge in [-0.05, 0) is 24.1 Å². The average molecular weight is 382 g/mol. The Labute approximate surface area is 157 Å². The highest BCUT2D eigenvalue weighted by Gasteiger charge is 2.48. The van der Waals surface area contributed by atoms with E-state index in [1.54, 1.807) is 4.90 Å². The van der Waals surface area contributed by atoms with Gasteiger partial charge >= 0.3 is 6.18 Å². The van der Waals surface area contributed by atoms with Crippen molar-refractivity contribution in [3.8, 4) is 11.8 Å². The molecule has 1 aromatic carbocycles. The Morgan fingerprint density at radius 1 is 1.33 bits per heavy atom. The predicted molar refractivity (Wildman–Crippen MR) is 95.0 cm³/mol. The first-order chi connectivity index (χ1) is 12.5. The summed E-state index contributed by atoms with van der Waals surface area (Å²) in [4.78, 5) is 14.6. The maximum atomic E-state index is 13.2. The number of nitriles is 1. The van der Waals surface area contributed by atoms with Crippen molar-refractivity contribution in [1.82, 2.24) is 4.90 Å². The third-order valence-corrected chi connectivity index (χ3v) is 5.15. The van der Waals surface area contributed by atoms with Gasteiger partial charge in [0.1, 0.15) is 5.75 Å². The Hall–Kier alpha value is -2.23. The smallest absolute Gasteiger partial charge is 0.417 e. The van der Waals surface area contributed by atoms with Crippen LogP contribution in [0.25, 0.3) is 0 Å². The van der Waals surface area contributed by atoms with Crippen LogP contribution >= 0.6 is 0 Å². The number of hydrogen-bond donors (Lipinski definition) is 0. The molecule has 1 aromatic rings. The lowest BCUT2D eigenvalue weighted by Gasteiger charge is -2.25. The number of carbonyl (C=O) groups excluding carboxylic acids is 1. The van der Waals surface area contributed by atoms with E-state index in [0.29, 0.717) is 19.0 Å². The number of carbonyl (C=O) groups is 1. The second-order valence-electron chi connectivity index (χ2n) is 7.70. The molecular weight excluding hydrogens is 357 g/mol. The quantitative estimate of drug-likeness (QED) is 0.721. The molecule has 1 saturated heterocycles. The summed E-state index contributed by atoms with van der Waals surface area (Å²) in [7, 11) is 0. The third-order valence-electron chi connectivity index (χ3n) is 5.15. The van der Waals surface area contributed by atoms with Crippen LogP contribution in [0.3, 0.4) is 0 Å². The van der Waals surface area contributed by atoms with E-state index in [1.165, 1.54) is 12.1 Å². The Balaban J connectivity index is 2.26. The molecule has 1 amide bonds. The van der Waals surface area contributed by atoms with Crippen LogP contribution in [-0.4, -0.2) is 30.0 Å². The second kappa shape index (κ2) is 7.79. The molecule has 1 heterocycles. The van der Waals surface area contributed by atoms with Gasteiger partial charge in [-0.3, -0.25) is 4.79 Å². The number of hydrogen-bond acceptors (Lipinski definition) is 3. The van der Waals surface area contributed by atoms with E-state index in [1.807, 2.05) is 13.8 Å². The maximum Gasteiger partial charge on any atom is 0.417 e. The molecule has 0 bridgehead atoms. The molecule has 1 aliphatic heterocycles. The molecule has 1 fully saturated rings.